The predicted octanol–water partition coefficient (Wildman–Crippen LogP) is 8.01. The summed E-state index contributed by atoms with van der Waals surface area (Å²) in [6.45, 7) is -2.18. The second-order valence-corrected chi connectivity index (χ2v) is 15.8. The first kappa shape index (κ1) is 17.3. The highest BCUT2D eigenvalue weighted by molar-refractivity contribution is 8.17. The van der Waals surface area contributed by atoms with E-state index in [-0.39, 0.29) is 8.52 Å². The summed E-state index contributed by atoms with van der Waals surface area (Å²) in [6, 6.07) is 0. The Morgan fingerprint density at radius 1 is 1.11 bits per heavy atom. The highest BCUT2D eigenvalue weighted by Crippen LogP contribution is 2.84. The molecule has 2 atom stereocenters. The summed E-state index contributed by atoms with van der Waals surface area (Å²) >= 11 is 24.0. The zero-order valence-corrected chi connectivity index (χ0v) is 15.6. The molecule has 2 unspecified atom stereocenters. The van der Waals surface area contributed by atoms with Gasteiger partial charge in [-0.05, 0) is 40.6 Å². The van der Waals surface area contributed by atoms with Gasteiger partial charge in [0.05, 0.1) is 0 Å². The molecule has 0 spiro atoms. The summed E-state index contributed by atoms with van der Waals surface area (Å²) in [6.07, 6.45) is 1.51. The van der Waals surface area contributed by atoms with Gasteiger partial charge in [0.15, 0.2) is 6.56 Å². The van der Waals surface area contributed by atoms with Gasteiger partial charge in [0, 0.05) is 12.9 Å². The number of hydrogen-bond donors (Lipinski definition) is 0. The van der Waals surface area contributed by atoms with Crippen LogP contribution in [-0.2, 0) is 0 Å². The first-order valence-corrected chi connectivity index (χ1v) is 14.1. The molecule has 15 heteroatoms. The van der Waals surface area contributed by atoms with Gasteiger partial charge in [-0.1, -0.05) is 11.2 Å². The van der Waals surface area contributed by atoms with Crippen LogP contribution in [0.15, 0.2) is 33.3 Å². The summed E-state index contributed by atoms with van der Waals surface area (Å²) in [5, 5.41) is 3.59. The van der Waals surface area contributed by atoms with E-state index in [1.165, 1.54) is 6.21 Å². The highest BCUT2D eigenvalue weighted by atomic mass is 35.9. The van der Waals surface area contributed by atoms with E-state index in [2.05, 4.69) is 33.3 Å². The van der Waals surface area contributed by atoms with Crippen LogP contribution in [0.1, 0.15) is 6.92 Å². The van der Waals surface area contributed by atoms with Gasteiger partial charge in [-0.15, -0.1) is 14.6 Å². The number of nitrogens with zero attached hydrogens (tertiary/aromatic N) is 7. The van der Waals surface area contributed by atoms with E-state index in [1.54, 1.807) is 13.6 Å². The maximum Gasteiger partial charge on any atom is 0.301 e. The van der Waals surface area contributed by atoms with Crippen molar-refractivity contribution in [2.45, 2.75) is 6.92 Å². The van der Waals surface area contributed by atoms with E-state index in [4.69, 9.17) is 45.0 Å². The molecular formula is C3H7Cl4N7P4. The molecule has 1 heterocycles. The molecular weight excluding hydrogens is 400 g/mol. The Hall–Kier alpha value is 1.22. The molecule has 0 saturated carbocycles. The van der Waals surface area contributed by atoms with E-state index in [0.29, 0.717) is 0 Å². The average molecular weight is 407 g/mol. The fourth-order valence-electron chi connectivity index (χ4n) is 0.792. The SMILES string of the molecule is C/C=N/N=PN=NP1(Cl)=NP(Cl)(Cl)=NP(C)(Cl)=N1. The lowest BCUT2D eigenvalue weighted by molar-refractivity contribution is 1.28. The smallest absolute Gasteiger partial charge is 0.199 e. The third-order valence-electron chi connectivity index (χ3n) is 1.17. The van der Waals surface area contributed by atoms with Gasteiger partial charge in [-0.3, -0.25) is 0 Å². The minimum Gasteiger partial charge on any atom is -0.199 e. The Morgan fingerprint density at radius 2 is 1.78 bits per heavy atom. The Balaban J connectivity index is 3.12. The molecule has 1 aliphatic heterocycles. The Morgan fingerprint density at radius 3 is 2.33 bits per heavy atom. The van der Waals surface area contributed by atoms with Crippen LogP contribution in [0, 0.1) is 0 Å². The lowest BCUT2D eigenvalue weighted by Gasteiger charge is -2.18. The fourth-order valence-corrected chi connectivity index (χ4v) is 17.2. The van der Waals surface area contributed by atoms with Crippen molar-refractivity contribution in [3.63, 3.8) is 0 Å². The van der Waals surface area contributed by atoms with Crippen molar-refractivity contribution >= 4 is 78.9 Å². The van der Waals surface area contributed by atoms with Crippen LogP contribution in [0.4, 0.5) is 0 Å². The molecule has 18 heavy (non-hydrogen) atoms. The van der Waals surface area contributed by atoms with E-state index >= 15 is 0 Å². The first-order chi connectivity index (χ1) is 8.18. The first-order valence-electron chi connectivity index (χ1n) is 4.16. The Labute approximate surface area is 125 Å². The second kappa shape index (κ2) is 6.78. The molecule has 1 rings (SSSR count). The van der Waals surface area contributed by atoms with Gasteiger partial charge >= 0.3 is 6.71 Å². The third kappa shape index (κ3) is 6.11. The summed E-state index contributed by atoms with van der Waals surface area (Å²) < 4.78 is 12.0. The van der Waals surface area contributed by atoms with Gasteiger partial charge in [0.25, 0.3) is 5.91 Å². The predicted molar refractivity (Wildman–Crippen MR) is 85.8 cm³/mol. The highest BCUT2D eigenvalue weighted by Gasteiger charge is 2.30. The molecule has 0 aromatic carbocycles. The summed E-state index contributed by atoms with van der Waals surface area (Å²) in [4.78, 5) is 11.1. The second-order valence-electron chi connectivity index (χ2n) is 2.76. The largest absolute Gasteiger partial charge is 0.301 e. The summed E-state index contributed by atoms with van der Waals surface area (Å²) in [5.74, 6) is -2.92. The zero-order valence-electron chi connectivity index (χ0n) is 9.01. The standard InChI is InChI=1S/C3H7Cl4N7P4/c1-3-8-9-15-10-11-18(7)13-16(2,4)12-17(5,6)14-18/h3H,1-2H3/b8-3+,11-10?. The van der Waals surface area contributed by atoms with Gasteiger partial charge in [0.1, 0.15) is 0 Å². The molecule has 1 aliphatic rings. The van der Waals surface area contributed by atoms with Crippen LogP contribution in [0.2, 0.25) is 0 Å². The normalized spacial score (nSPS) is 35.7. The molecule has 0 N–H and O–H groups in total. The molecule has 0 radical (unpaired) electrons. The quantitative estimate of drug-likeness (QED) is 0.196. The minimum absolute atomic E-state index is 0.263. The number of halogens is 4. The van der Waals surface area contributed by atoms with Crippen molar-refractivity contribution in [1.82, 2.24) is 0 Å². The van der Waals surface area contributed by atoms with Gasteiger partial charge in [0.2, 0.25) is 8.52 Å². The molecule has 0 aromatic rings. The molecule has 7 nitrogen and oxygen atoms in total. The van der Waals surface area contributed by atoms with Crippen molar-refractivity contribution in [3.05, 3.63) is 0 Å². The summed E-state index contributed by atoms with van der Waals surface area (Å²) in [7, 11) is 0.263. The van der Waals surface area contributed by atoms with E-state index in [9.17, 15) is 0 Å². The van der Waals surface area contributed by atoms with E-state index in [0.717, 1.165) is 0 Å². The van der Waals surface area contributed by atoms with Crippen LogP contribution in [0.3, 0.4) is 0 Å². The average Bonchev–Trinajstić information content (AvgIpc) is 2.11. The van der Waals surface area contributed by atoms with Crippen LogP contribution >= 0.6 is 72.7 Å². The van der Waals surface area contributed by atoms with Gasteiger partial charge in [-0.2, -0.15) is 18.6 Å². The maximum atomic E-state index is 6.13. The van der Waals surface area contributed by atoms with Crippen LogP contribution in [-0.4, -0.2) is 12.9 Å². The van der Waals surface area contributed by atoms with Gasteiger partial charge in [-0.25, -0.2) is 0 Å². The van der Waals surface area contributed by atoms with Crippen molar-refractivity contribution in [2.24, 2.45) is 33.3 Å². The molecule has 0 aromatic heterocycles. The molecule has 0 fully saturated rings. The van der Waals surface area contributed by atoms with Crippen LogP contribution in [0.5, 0.6) is 0 Å². The molecule has 0 bridgehead atoms. The molecule has 0 amide bonds. The van der Waals surface area contributed by atoms with Crippen LogP contribution < -0.4 is 0 Å². The van der Waals surface area contributed by atoms with Crippen molar-refractivity contribution in [3.8, 4) is 0 Å². The zero-order chi connectivity index (χ0) is 13.9. The number of rotatable bonds is 3. The van der Waals surface area contributed by atoms with Crippen molar-refractivity contribution in [1.29, 1.82) is 0 Å². The molecule has 0 aliphatic carbocycles. The minimum atomic E-state index is -2.98. The Bertz CT molecular complexity index is 558. The Kier molecular flexibility index (Phi) is 6.51. The summed E-state index contributed by atoms with van der Waals surface area (Å²) in [5.41, 5.74) is 0. The van der Waals surface area contributed by atoms with Gasteiger partial charge < -0.3 is 0 Å². The molecule has 102 valence electrons. The lowest BCUT2D eigenvalue weighted by Crippen LogP contribution is -1.70. The van der Waals surface area contributed by atoms with Crippen LogP contribution in [0.25, 0.3) is 0 Å². The third-order valence-corrected chi connectivity index (χ3v) is 13.2. The maximum absolute atomic E-state index is 6.13. The van der Waals surface area contributed by atoms with E-state index < -0.39 is 19.2 Å². The topological polar surface area (TPSA) is 86.5 Å². The fraction of sp³-hybridized carbons (Fsp3) is 0.667. The van der Waals surface area contributed by atoms with E-state index in [1.807, 2.05) is 0 Å². The number of hydrogen-bond acceptors (Lipinski definition) is 5. The molecule has 0 saturated heterocycles. The monoisotopic (exact) mass is 405 g/mol. The van der Waals surface area contributed by atoms with Crippen molar-refractivity contribution in [2.75, 3.05) is 6.66 Å². The lowest BCUT2D eigenvalue weighted by atomic mass is 10.9. The van der Waals surface area contributed by atoms with Crippen molar-refractivity contribution < 1.29 is 0 Å².